The molecule has 0 saturated heterocycles. The van der Waals surface area contributed by atoms with Gasteiger partial charge in [0.25, 0.3) is 0 Å². The lowest BCUT2D eigenvalue weighted by Gasteiger charge is -2.05. The molecular weight excluding hydrogens is 190 g/mol. The average Bonchev–Trinajstić information content (AvgIpc) is 2.17. The zero-order chi connectivity index (χ0) is 9.73. The van der Waals surface area contributed by atoms with Gasteiger partial charge in [-0.2, -0.15) is 0 Å². The van der Waals surface area contributed by atoms with Crippen LogP contribution in [0.15, 0.2) is 24.4 Å². The van der Waals surface area contributed by atoms with Crippen LogP contribution in [0.25, 0.3) is 0 Å². The van der Waals surface area contributed by atoms with Crippen molar-refractivity contribution in [2.45, 2.75) is 6.92 Å². The van der Waals surface area contributed by atoms with Gasteiger partial charge in [-0.3, -0.25) is 5.43 Å². The standard InChI is InChI=1S/C7H11N3O2S/c1-2-13(11,12)10-9-7-5-3-4-6-8-7/h3-6,10H,2H2,1H3,(H,8,9). The first-order valence-electron chi connectivity index (χ1n) is 3.80. The van der Waals surface area contributed by atoms with Gasteiger partial charge < -0.3 is 0 Å². The van der Waals surface area contributed by atoms with Crippen LogP contribution in [0.5, 0.6) is 0 Å². The summed E-state index contributed by atoms with van der Waals surface area (Å²) in [4.78, 5) is 6.06. The predicted molar refractivity (Wildman–Crippen MR) is 50.5 cm³/mol. The number of nitrogens with zero attached hydrogens (tertiary/aromatic N) is 1. The third-order valence-electron chi connectivity index (χ3n) is 1.38. The van der Waals surface area contributed by atoms with Crippen LogP contribution in [-0.4, -0.2) is 19.2 Å². The van der Waals surface area contributed by atoms with E-state index in [-0.39, 0.29) is 5.75 Å². The summed E-state index contributed by atoms with van der Waals surface area (Å²) in [5, 5.41) is 0. The fourth-order valence-electron chi connectivity index (χ4n) is 0.639. The van der Waals surface area contributed by atoms with E-state index in [1.807, 2.05) is 0 Å². The molecule has 0 aromatic carbocycles. The van der Waals surface area contributed by atoms with E-state index in [9.17, 15) is 8.42 Å². The lowest BCUT2D eigenvalue weighted by atomic mass is 10.5. The van der Waals surface area contributed by atoms with Crippen LogP contribution >= 0.6 is 0 Å². The molecule has 0 aliphatic carbocycles. The molecule has 0 aliphatic rings. The first-order chi connectivity index (χ1) is 6.14. The molecule has 0 bridgehead atoms. The molecule has 1 aromatic rings. The van der Waals surface area contributed by atoms with Crippen LogP contribution in [0.3, 0.4) is 0 Å². The number of sulfonamides is 1. The molecule has 1 rings (SSSR count). The molecule has 0 radical (unpaired) electrons. The monoisotopic (exact) mass is 201 g/mol. The molecule has 0 amide bonds. The Morgan fingerprint density at radius 3 is 2.77 bits per heavy atom. The first-order valence-corrected chi connectivity index (χ1v) is 5.46. The molecule has 0 atom stereocenters. The quantitative estimate of drug-likeness (QED) is 0.689. The zero-order valence-electron chi connectivity index (χ0n) is 7.19. The minimum absolute atomic E-state index is 0.0346. The Hall–Kier alpha value is -1.14. The van der Waals surface area contributed by atoms with E-state index >= 15 is 0 Å². The molecule has 0 saturated carbocycles. The number of rotatable bonds is 4. The van der Waals surface area contributed by atoms with Crippen molar-refractivity contribution in [3.05, 3.63) is 24.4 Å². The molecule has 0 unspecified atom stereocenters. The highest BCUT2D eigenvalue weighted by Gasteiger charge is 2.04. The van der Waals surface area contributed by atoms with E-state index in [1.54, 1.807) is 31.3 Å². The summed E-state index contributed by atoms with van der Waals surface area (Å²) in [6.07, 6.45) is 1.57. The van der Waals surface area contributed by atoms with Crippen molar-refractivity contribution in [3.63, 3.8) is 0 Å². The minimum atomic E-state index is -3.22. The van der Waals surface area contributed by atoms with Gasteiger partial charge in [-0.1, -0.05) is 6.07 Å². The second-order valence-corrected chi connectivity index (χ2v) is 4.36. The van der Waals surface area contributed by atoms with Crippen LogP contribution in [0.1, 0.15) is 6.92 Å². The third-order valence-corrected chi connectivity index (χ3v) is 2.55. The highest BCUT2D eigenvalue weighted by Crippen LogP contribution is 1.97. The fraction of sp³-hybridized carbons (Fsp3) is 0.286. The Kier molecular flexibility index (Phi) is 3.21. The van der Waals surface area contributed by atoms with Gasteiger partial charge in [0.1, 0.15) is 5.82 Å². The highest BCUT2D eigenvalue weighted by molar-refractivity contribution is 7.89. The number of aromatic nitrogens is 1. The van der Waals surface area contributed by atoms with E-state index in [4.69, 9.17) is 0 Å². The molecular formula is C7H11N3O2S. The zero-order valence-corrected chi connectivity index (χ0v) is 8.00. The second-order valence-electron chi connectivity index (χ2n) is 2.35. The van der Waals surface area contributed by atoms with Crippen LogP contribution in [0, 0.1) is 0 Å². The van der Waals surface area contributed by atoms with Gasteiger partial charge in [0.15, 0.2) is 0 Å². The number of nitrogens with one attached hydrogen (secondary N) is 2. The van der Waals surface area contributed by atoms with Crippen molar-refractivity contribution in [2.24, 2.45) is 0 Å². The van der Waals surface area contributed by atoms with Crippen LogP contribution < -0.4 is 10.3 Å². The predicted octanol–water partition coefficient (Wildman–Crippen LogP) is 0.348. The number of hydrogen-bond donors (Lipinski definition) is 2. The maximum atomic E-state index is 11.0. The average molecular weight is 201 g/mol. The van der Waals surface area contributed by atoms with Gasteiger partial charge in [0.05, 0.1) is 5.75 Å². The molecule has 0 spiro atoms. The lowest BCUT2D eigenvalue weighted by molar-refractivity contribution is 0.589. The van der Waals surface area contributed by atoms with Gasteiger partial charge in [-0.15, -0.1) is 4.83 Å². The largest absolute Gasteiger partial charge is 0.292 e. The molecule has 1 heterocycles. The highest BCUT2D eigenvalue weighted by atomic mass is 32.2. The smallest absolute Gasteiger partial charge is 0.228 e. The summed E-state index contributed by atoms with van der Waals surface area (Å²) in [5.41, 5.74) is 2.49. The van der Waals surface area contributed by atoms with Gasteiger partial charge in [0.2, 0.25) is 10.0 Å². The van der Waals surface area contributed by atoms with Gasteiger partial charge in [-0.25, -0.2) is 13.4 Å². The topological polar surface area (TPSA) is 71.1 Å². The van der Waals surface area contributed by atoms with Crippen molar-refractivity contribution in [2.75, 3.05) is 11.2 Å². The van der Waals surface area contributed by atoms with Crippen LogP contribution in [-0.2, 0) is 10.0 Å². The molecule has 0 aliphatic heterocycles. The first kappa shape index (κ1) is 9.94. The second kappa shape index (κ2) is 4.20. The normalized spacial score (nSPS) is 11.2. The maximum absolute atomic E-state index is 11.0. The third kappa shape index (κ3) is 3.39. The molecule has 0 fully saturated rings. The van der Waals surface area contributed by atoms with Crippen molar-refractivity contribution in [1.82, 2.24) is 9.82 Å². The van der Waals surface area contributed by atoms with Crippen LogP contribution in [0.4, 0.5) is 5.82 Å². The molecule has 72 valence electrons. The lowest BCUT2D eigenvalue weighted by Crippen LogP contribution is -2.31. The Morgan fingerprint density at radius 1 is 1.46 bits per heavy atom. The number of anilines is 1. The minimum Gasteiger partial charge on any atom is -0.292 e. The SMILES string of the molecule is CCS(=O)(=O)NNc1ccccn1. The molecule has 13 heavy (non-hydrogen) atoms. The number of pyridine rings is 1. The summed E-state index contributed by atoms with van der Waals surface area (Å²) in [6, 6.07) is 5.17. The number of hydrogen-bond acceptors (Lipinski definition) is 4. The van der Waals surface area contributed by atoms with Gasteiger partial charge >= 0.3 is 0 Å². The molecule has 1 aromatic heterocycles. The summed E-state index contributed by atoms with van der Waals surface area (Å²) >= 11 is 0. The Labute approximate surface area is 77.2 Å². The van der Waals surface area contributed by atoms with Crippen molar-refractivity contribution >= 4 is 15.8 Å². The van der Waals surface area contributed by atoms with Crippen LogP contribution in [0.2, 0.25) is 0 Å². The van der Waals surface area contributed by atoms with Crippen molar-refractivity contribution in [1.29, 1.82) is 0 Å². The summed E-state index contributed by atoms with van der Waals surface area (Å²) < 4.78 is 21.9. The van der Waals surface area contributed by atoms with E-state index in [1.165, 1.54) is 0 Å². The van der Waals surface area contributed by atoms with Crippen molar-refractivity contribution < 1.29 is 8.42 Å². The molecule has 2 N–H and O–H groups in total. The summed E-state index contributed by atoms with van der Waals surface area (Å²) in [7, 11) is -3.22. The Balaban J connectivity index is 2.54. The van der Waals surface area contributed by atoms with Gasteiger partial charge in [0, 0.05) is 6.20 Å². The Morgan fingerprint density at radius 2 is 2.23 bits per heavy atom. The maximum Gasteiger partial charge on any atom is 0.228 e. The van der Waals surface area contributed by atoms with E-state index < -0.39 is 10.0 Å². The van der Waals surface area contributed by atoms with Gasteiger partial charge in [-0.05, 0) is 19.1 Å². The molecule has 6 heteroatoms. The Bertz CT molecular complexity index is 349. The summed E-state index contributed by atoms with van der Waals surface area (Å²) in [6.45, 7) is 1.56. The van der Waals surface area contributed by atoms with E-state index in [0.29, 0.717) is 5.82 Å². The van der Waals surface area contributed by atoms with Crippen molar-refractivity contribution in [3.8, 4) is 0 Å². The molecule has 5 nitrogen and oxygen atoms in total. The fourth-order valence-corrected chi connectivity index (χ4v) is 1.04. The van der Waals surface area contributed by atoms with E-state index in [2.05, 4.69) is 15.2 Å². The number of hydrazine groups is 1. The summed E-state index contributed by atoms with van der Waals surface area (Å²) in [5.74, 6) is 0.506. The van der Waals surface area contributed by atoms with E-state index in [0.717, 1.165) is 0 Å².